The highest BCUT2D eigenvalue weighted by molar-refractivity contribution is 5.43. The van der Waals surface area contributed by atoms with Crippen molar-refractivity contribution in [1.82, 2.24) is 0 Å². The Morgan fingerprint density at radius 2 is 1.94 bits per heavy atom. The van der Waals surface area contributed by atoms with Crippen molar-refractivity contribution in [1.29, 1.82) is 0 Å². The van der Waals surface area contributed by atoms with Gasteiger partial charge in [-0.1, -0.05) is 31.9 Å². The van der Waals surface area contributed by atoms with Gasteiger partial charge in [-0.2, -0.15) is 13.2 Å². The van der Waals surface area contributed by atoms with Gasteiger partial charge in [0.1, 0.15) is 11.9 Å². The normalized spacial score (nSPS) is 38.8. The van der Waals surface area contributed by atoms with Crippen LogP contribution < -0.4 is 0 Å². The lowest BCUT2D eigenvalue weighted by Crippen LogP contribution is -2.56. The molecule has 0 bridgehead atoms. The number of phenols is 1. The molecular formula is C27H37F3O3. The molecule has 6 heteroatoms. The first-order valence-electron chi connectivity index (χ1n) is 12.3. The van der Waals surface area contributed by atoms with E-state index in [0.717, 1.165) is 44.1 Å². The van der Waals surface area contributed by atoms with Crippen LogP contribution in [0.2, 0.25) is 0 Å². The van der Waals surface area contributed by atoms with Crippen molar-refractivity contribution in [3.05, 3.63) is 42.0 Å². The maximum absolute atomic E-state index is 12.7. The molecule has 0 radical (unpaired) electrons. The molecule has 2 saturated carbocycles. The Bertz CT molecular complexity index is 895. The van der Waals surface area contributed by atoms with Crippen molar-refractivity contribution in [3.63, 3.8) is 0 Å². The average Bonchev–Trinajstić information content (AvgIpc) is 2.98. The van der Waals surface area contributed by atoms with E-state index in [4.69, 9.17) is 0 Å². The highest BCUT2D eigenvalue weighted by atomic mass is 19.4. The summed E-state index contributed by atoms with van der Waals surface area (Å²) in [5.41, 5.74) is 1.09. The quantitative estimate of drug-likeness (QED) is 0.342. The minimum Gasteiger partial charge on any atom is -0.508 e. The molecule has 3 nitrogen and oxygen atoms in total. The van der Waals surface area contributed by atoms with Crippen LogP contribution in [0.1, 0.15) is 82.3 Å². The second kappa shape index (κ2) is 8.30. The molecule has 0 heterocycles. The Morgan fingerprint density at radius 1 is 1.21 bits per heavy atom. The smallest absolute Gasteiger partial charge is 0.414 e. The van der Waals surface area contributed by atoms with Crippen LogP contribution in [-0.4, -0.2) is 33.2 Å². The molecule has 3 aliphatic rings. The topological polar surface area (TPSA) is 60.7 Å². The van der Waals surface area contributed by atoms with Gasteiger partial charge in [-0.25, -0.2) is 0 Å². The number of halogens is 3. The highest BCUT2D eigenvalue weighted by Crippen LogP contribution is 2.71. The van der Waals surface area contributed by atoms with E-state index in [0.29, 0.717) is 12.8 Å². The second-order valence-electron chi connectivity index (χ2n) is 11.3. The van der Waals surface area contributed by atoms with Gasteiger partial charge in [-0.05, 0) is 104 Å². The second-order valence-corrected chi connectivity index (χ2v) is 11.3. The largest absolute Gasteiger partial charge is 0.508 e. The Labute approximate surface area is 194 Å². The lowest BCUT2D eigenvalue weighted by Gasteiger charge is -2.61. The molecular weight excluding hydrogens is 429 g/mol. The highest BCUT2D eigenvalue weighted by Gasteiger charge is 2.66. The molecule has 0 aliphatic heterocycles. The standard InChI is InChI=1S/C27H37F3O3/c1-4-26-14-11-17-15-19(31)9-10-20(17)23(26)18(7-5-6-8-22(32)27(28,29)30)16-24(2)21(26)12-13-25(24,3)33/h4,9-10,15,18,21-23,31-33H,1,5-8,11-14,16H2,2-3H3/t18?,21?,22?,23?,24?,25-,26-/m0/s1. The zero-order chi connectivity index (χ0) is 24.2. The first-order chi connectivity index (χ1) is 15.4. The number of fused-ring (bicyclic) bond motifs is 5. The number of unbranched alkanes of at least 4 members (excludes halogenated alkanes) is 1. The van der Waals surface area contributed by atoms with E-state index in [-0.39, 0.29) is 40.8 Å². The first-order valence-corrected chi connectivity index (χ1v) is 12.3. The number of rotatable bonds is 6. The summed E-state index contributed by atoms with van der Waals surface area (Å²) < 4.78 is 38.2. The summed E-state index contributed by atoms with van der Waals surface area (Å²) in [6.45, 7) is 8.41. The maximum Gasteiger partial charge on any atom is 0.414 e. The molecule has 3 aliphatic carbocycles. The fourth-order valence-electron chi connectivity index (χ4n) is 7.83. The summed E-state index contributed by atoms with van der Waals surface area (Å²) in [6.07, 6.45) is 0.851. The molecule has 184 valence electrons. The van der Waals surface area contributed by atoms with E-state index in [1.807, 2.05) is 19.1 Å². The van der Waals surface area contributed by atoms with Gasteiger partial charge >= 0.3 is 6.18 Å². The fraction of sp³-hybridized carbons (Fsp3) is 0.704. The van der Waals surface area contributed by atoms with Crippen molar-refractivity contribution in [2.24, 2.45) is 22.7 Å². The van der Waals surface area contributed by atoms with E-state index in [2.05, 4.69) is 19.6 Å². The number of benzene rings is 1. The number of aliphatic hydroxyl groups is 2. The zero-order valence-electron chi connectivity index (χ0n) is 19.7. The summed E-state index contributed by atoms with van der Waals surface area (Å²) in [6, 6.07) is 5.59. The number of phenolic OH excluding ortho intramolecular Hbond substituents is 1. The molecule has 0 saturated heterocycles. The third-order valence-electron chi connectivity index (χ3n) is 9.65. The van der Waals surface area contributed by atoms with E-state index in [1.54, 1.807) is 6.07 Å². The van der Waals surface area contributed by atoms with Gasteiger partial charge in [0.05, 0.1) is 5.60 Å². The van der Waals surface area contributed by atoms with Crippen molar-refractivity contribution in [3.8, 4) is 5.75 Å². The van der Waals surface area contributed by atoms with Crippen molar-refractivity contribution in [2.75, 3.05) is 0 Å². The summed E-state index contributed by atoms with van der Waals surface area (Å²) >= 11 is 0. The van der Waals surface area contributed by atoms with Crippen LogP contribution in [-0.2, 0) is 6.42 Å². The Morgan fingerprint density at radius 3 is 2.61 bits per heavy atom. The monoisotopic (exact) mass is 466 g/mol. The van der Waals surface area contributed by atoms with Crippen LogP contribution in [0.4, 0.5) is 13.2 Å². The zero-order valence-corrected chi connectivity index (χ0v) is 19.7. The molecule has 1 aromatic rings. The van der Waals surface area contributed by atoms with Crippen LogP contribution in [0.3, 0.4) is 0 Å². The molecule has 4 rings (SSSR count). The van der Waals surface area contributed by atoms with Crippen LogP contribution in [0.5, 0.6) is 5.75 Å². The molecule has 1 aromatic carbocycles. The number of aromatic hydroxyl groups is 1. The Hall–Kier alpha value is -1.53. The number of aliphatic hydroxyl groups excluding tert-OH is 1. The minimum absolute atomic E-state index is 0.166. The summed E-state index contributed by atoms with van der Waals surface area (Å²) in [7, 11) is 0. The molecule has 3 N–H and O–H groups in total. The molecule has 7 atom stereocenters. The van der Waals surface area contributed by atoms with Crippen molar-refractivity contribution >= 4 is 0 Å². The lowest BCUT2D eigenvalue weighted by molar-refractivity contribution is -0.205. The van der Waals surface area contributed by atoms with Crippen LogP contribution in [0.25, 0.3) is 0 Å². The molecule has 33 heavy (non-hydrogen) atoms. The Balaban J connectivity index is 1.66. The van der Waals surface area contributed by atoms with E-state index in [9.17, 15) is 28.5 Å². The van der Waals surface area contributed by atoms with E-state index >= 15 is 0 Å². The fourth-order valence-corrected chi connectivity index (χ4v) is 7.83. The van der Waals surface area contributed by atoms with Crippen molar-refractivity contribution < 1.29 is 28.5 Å². The molecule has 0 spiro atoms. The van der Waals surface area contributed by atoms with Gasteiger partial charge in [0.2, 0.25) is 0 Å². The number of hydrogen-bond donors (Lipinski definition) is 3. The number of aryl methyl sites for hydroxylation is 1. The van der Waals surface area contributed by atoms with E-state index in [1.165, 1.54) is 5.56 Å². The summed E-state index contributed by atoms with van der Waals surface area (Å²) in [5, 5.41) is 30.8. The first kappa shape index (κ1) is 24.6. The predicted octanol–water partition coefficient (Wildman–Crippen LogP) is 6.27. The molecule has 0 amide bonds. The van der Waals surface area contributed by atoms with Gasteiger partial charge in [0.15, 0.2) is 0 Å². The SMILES string of the molecule is C=C[C@@]12CCc3cc(O)ccc3C1C(CCCCC(O)C(F)(F)F)CC1(C)C2CC[C@]1(C)O. The van der Waals surface area contributed by atoms with Crippen LogP contribution >= 0.6 is 0 Å². The average molecular weight is 467 g/mol. The lowest BCUT2D eigenvalue weighted by atomic mass is 9.43. The molecule has 2 fully saturated rings. The third-order valence-corrected chi connectivity index (χ3v) is 9.65. The minimum atomic E-state index is -4.57. The van der Waals surface area contributed by atoms with Gasteiger partial charge < -0.3 is 15.3 Å². The van der Waals surface area contributed by atoms with Gasteiger partial charge in [-0.3, -0.25) is 0 Å². The third kappa shape index (κ3) is 3.91. The van der Waals surface area contributed by atoms with Crippen LogP contribution in [0, 0.1) is 22.7 Å². The maximum atomic E-state index is 12.7. The Kier molecular flexibility index (Phi) is 6.18. The number of hydrogen-bond acceptors (Lipinski definition) is 3. The predicted molar refractivity (Wildman–Crippen MR) is 122 cm³/mol. The van der Waals surface area contributed by atoms with Gasteiger partial charge in [0, 0.05) is 0 Å². The number of allylic oxidation sites excluding steroid dienone is 1. The van der Waals surface area contributed by atoms with Gasteiger partial charge in [-0.15, -0.1) is 6.58 Å². The summed E-state index contributed by atoms with van der Waals surface area (Å²) in [5.74, 6) is 0.883. The van der Waals surface area contributed by atoms with Crippen molar-refractivity contribution in [2.45, 2.75) is 95.4 Å². The molecule has 5 unspecified atom stereocenters. The van der Waals surface area contributed by atoms with Gasteiger partial charge in [0.25, 0.3) is 0 Å². The molecule has 0 aromatic heterocycles. The summed E-state index contributed by atoms with van der Waals surface area (Å²) in [4.78, 5) is 0. The number of alkyl halides is 3. The van der Waals surface area contributed by atoms with Crippen LogP contribution in [0.15, 0.2) is 30.9 Å². The van der Waals surface area contributed by atoms with E-state index < -0.39 is 17.9 Å².